The average molecular weight is 208 g/mol. The van der Waals surface area contributed by atoms with E-state index in [-0.39, 0.29) is 5.78 Å². The average Bonchev–Trinajstić information content (AvgIpc) is 2.71. The highest BCUT2D eigenvalue weighted by Crippen LogP contribution is 2.40. The number of ketones is 1. The molecule has 2 rings (SSSR count). The Morgan fingerprint density at radius 2 is 2.40 bits per heavy atom. The lowest BCUT2D eigenvalue weighted by molar-refractivity contribution is -0.130. The van der Waals surface area contributed by atoms with Crippen LogP contribution in [0, 0.1) is 0 Å². The maximum Gasteiger partial charge on any atom is 0.146 e. The first-order valence-corrected chi connectivity index (χ1v) is 5.41. The number of carbonyl (C=O) groups is 1. The summed E-state index contributed by atoms with van der Waals surface area (Å²) < 4.78 is 5.33. The second-order valence-corrected chi connectivity index (χ2v) is 4.27. The maximum atomic E-state index is 11.8. The highest BCUT2D eigenvalue weighted by molar-refractivity contribution is 5.88. The fourth-order valence-electron chi connectivity index (χ4n) is 2.56. The van der Waals surface area contributed by atoms with Gasteiger partial charge >= 0.3 is 0 Å². The van der Waals surface area contributed by atoms with Gasteiger partial charge in [-0.05, 0) is 31.9 Å². The van der Waals surface area contributed by atoms with Crippen molar-refractivity contribution in [1.29, 1.82) is 0 Å². The highest BCUT2D eigenvalue weighted by atomic mass is 16.3. The minimum Gasteiger partial charge on any atom is -0.468 e. The third-order valence-corrected chi connectivity index (χ3v) is 3.46. The molecule has 1 fully saturated rings. The van der Waals surface area contributed by atoms with Gasteiger partial charge in [0, 0.05) is 0 Å². The number of hydrogen-bond donors (Lipinski definition) is 1. The summed E-state index contributed by atoms with van der Waals surface area (Å²) in [5.41, 5.74) is -0.790. The normalized spacial score (nSPS) is 31.5. The zero-order valence-corrected chi connectivity index (χ0v) is 8.90. The lowest BCUT2D eigenvalue weighted by Crippen LogP contribution is -2.47. The first kappa shape index (κ1) is 10.4. The minimum atomic E-state index is -0.790. The molecule has 15 heavy (non-hydrogen) atoms. The number of hydrogen-bond acceptors (Lipinski definition) is 3. The van der Waals surface area contributed by atoms with E-state index in [9.17, 15) is 9.90 Å². The van der Waals surface area contributed by atoms with Gasteiger partial charge in [-0.15, -0.1) is 0 Å². The molecule has 0 aliphatic heterocycles. The summed E-state index contributed by atoms with van der Waals surface area (Å²) >= 11 is 0. The molecule has 0 unspecified atom stereocenters. The third kappa shape index (κ3) is 1.51. The van der Waals surface area contributed by atoms with E-state index in [2.05, 4.69) is 0 Å². The Balaban J connectivity index is 2.43. The molecular formula is C12H16O3. The number of carbonyl (C=O) groups excluding carboxylic acids is 1. The fraction of sp³-hybridized carbons (Fsp3) is 0.583. The van der Waals surface area contributed by atoms with Crippen molar-refractivity contribution >= 4 is 5.78 Å². The Morgan fingerprint density at radius 1 is 1.60 bits per heavy atom. The zero-order valence-electron chi connectivity index (χ0n) is 8.90. The standard InChI is InChI=1S/C12H16O3/c1-9(13)12(11-6-4-8-15-11)7-3-2-5-10(12)14/h4,6,8,10,14H,2-3,5,7H2,1H3/t10-,12+/m0/s1. The van der Waals surface area contributed by atoms with E-state index in [1.54, 1.807) is 18.4 Å². The molecule has 0 bridgehead atoms. The van der Waals surface area contributed by atoms with Crippen LogP contribution in [0.5, 0.6) is 0 Å². The third-order valence-electron chi connectivity index (χ3n) is 3.46. The lowest BCUT2D eigenvalue weighted by Gasteiger charge is -2.37. The smallest absolute Gasteiger partial charge is 0.146 e. The van der Waals surface area contributed by atoms with Crippen LogP contribution in [0.3, 0.4) is 0 Å². The SMILES string of the molecule is CC(=O)[C@]1(c2ccco2)CCCC[C@@H]1O. The summed E-state index contributed by atoms with van der Waals surface area (Å²) in [7, 11) is 0. The van der Waals surface area contributed by atoms with Gasteiger partial charge in [0.15, 0.2) is 0 Å². The number of Topliss-reactive ketones (excluding diaryl/α,β-unsaturated/α-hetero) is 1. The van der Waals surface area contributed by atoms with E-state index in [4.69, 9.17) is 4.42 Å². The van der Waals surface area contributed by atoms with Crippen LogP contribution in [0.1, 0.15) is 38.4 Å². The molecular weight excluding hydrogens is 192 g/mol. The van der Waals surface area contributed by atoms with E-state index in [1.165, 1.54) is 6.92 Å². The highest BCUT2D eigenvalue weighted by Gasteiger charge is 2.47. The Kier molecular flexibility index (Phi) is 2.65. The predicted molar refractivity (Wildman–Crippen MR) is 55.5 cm³/mol. The summed E-state index contributed by atoms with van der Waals surface area (Å²) in [5, 5.41) is 10.1. The molecule has 1 aromatic heterocycles. The van der Waals surface area contributed by atoms with Gasteiger partial charge in [0.1, 0.15) is 17.0 Å². The molecule has 0 aromatic carbocycles. The second-order valence-electron chi connectivity index (χ2n) is 4.27. The molecule has 2 atom stereocenters. The molecule has 0 spiro atoms. The van der Waals surface area contributed by atoms with E-state index in [0.29, 0.717) is 18.6 Å². The van der Waals surface area contributed by atoms with Gasteiger partial charge in [-0.3, -0.25) is 4.79 Å². The maximum absolute atomic E-state index is 11.8. The van der Waals surface area contributed by atoms with Crippen LogP contribution in [0.4, 0.5) is 0 Å². The topological polar surface area (TPSA) is 50.4 Å². The van der Waals surface area contributed by atoms with Gasteiger partial charge in [0.05, 0.1) is 12.4 Å². The molecule has 0 radical (unpaired) electrons. The Labute approximate surface area is 89.1 Å². The van der Waals surface area contributed by atoms with Crippen molar-refractivity contribution in [2.24, 2.45) is 0 Å². The minimum absolute atomic E-state index is 0.00431. The first-order valence-electron chi connectivity index (χ1n) is 5.41. The monoisotopic (exact) mass is 208 g/mol. The van der Waals surface area contributed by atoms with Gasteiger partial charge in [-0.2, -0.15) is 0 Å². The summed E-state index contributed by atoms with van der Waals surface area (Å²) in [6, 6.07) is 3.55. The van der Waals surface area contributed by atoms with Crippen molar-refractivity contribution in [2.75, 3.05) is 0 Å². The second kappa shape index (κ2) is 3.81. The van der Waals surface area contributed by atoms with Crippen LogP contribution in [-0.4, -0.2) is 17.0 Å². The molecule has 3 nitrogen and oxygen atoms in total. The van der Waals surface area contributed by atoms with Crippen molar-refractivity contribution in [3.8, 4) is 0 Å². The summed E-state index contributed by atoms with van der Waals surface area (Å²) in [6.45, 7) is 1.54. The van der Waals surface area contributed by atoms with E-state index in [0.717, 1.165) is 12.8 Å². The molecule has 0 saturated heterocycles. The van der Waals surface area contributed by atoms with Crippen molar-refractivity contribution in [1.82, 2.24) is 0 Å². The van der Waals surface area contributed by atoms with Gasteiger partial charge in [-0.1, -0.05) is 12.8 Å². The number of aliphatic hydroxyl groups excluding tert-OH is 1. The number of rotatable bonds is 2. The molecule has 1 saturated carbocycles. The van der Waals surface area contributed by atoms with E-state index >= 15 is 0 Å². The van der Waals surface area contributed by atoms with Crippen molar-refractivity contribution < 1.29 is 14.3 Å². The zero-order chi connectivity index (χ0) is 10.9. The van der Waals surface area contributed by atoms with Crippen LogP contribution in [0.2, 0.25) is 0 Å². The van der Waals surface area contributed by atoms with Crippen molar-refractivity contribution in [3.05, 3.63) is 24.2 Å². The molecule has 82 valence electrons. The summed E-state index contributed by atoms with van der Waals surface area (Å²) in [4.78, 5) is 11.8. The molecule has 1 aliphatic rings. The largest absolute Gasteiger partial charge is 0.468 e. The first-order chi connectivity index (χ1) is 7.18. The molecule has 0 amide bonds. The summed E-state index contributed by atoms with van der Waals surface area (Å²) in [5.74, 6) is 0.617. The Morgan fingerprint density at radius 3 is 2.93 bits per heavy atom. The lowest BCUT2D eigenvalue weighted by atomic mass is 9.68. The van der Waals surface area contributed by atoms with Gasteiger partial charge in [0.25, 0.3) is 0 Å². The molecule has 1 aromatic rings. The number of aliphatic hydroxyl groups is 1. The Hall–Kier alpha value is -1.09. The van der Waals surface area contributed by atoms with Crippen molar-refractivity contribution in [3.63, 3.8) is 0 Å². The summed E-state index contributed by atoms with van der Waals surface area (Å²) in [6.07, 6.45) is 4.28. The van der Waals surface area contributed by atoms with Gasteiger partial charge in [-0.25, -0.2) is 0 Å². The van der Waals surface area contributed by atoms with Crippen LogP contribution >= 0.6 is 0 Å². The molecule has 3 heteroatoms. The van der Waals surface area contributed by atoms with Crippen LogP contribution in [0.15, 0.2) is 22.8 Å². The van der Waals surface area contributed by atoms with E-state index in [1.807, 2.05) is 0 Å². The quantitative estimate of drug-likeness (QED) is 0.809. The fourth-order valence-corrected chi connectivity index (χ4v) is 2.56. The van der Waals surface area contributed by atoms with Crippen LogP contribution in [-0.2, 0) is 10.2 Å². The van der Waals surface area contributed by atoms with Gasteiger partial charge < -0.3 is 9.52 Å². The van der Waals surface area contributed by atoms with Gasteiger partial charge in [0.2, 0.25) is 0 Å². The van der Waals surface area contributed by atoms with Crippen LogP contribution in [0.25, 0.3) is 0 Å². The van der Waals surface area contributed by atoms with Crippen molar-refractivity contribution in [2.45, 2.75) is 44.1 Å². The number of furan rings is 1. The predicted octanol–water partition coefficient (Wildman–Crippen LogP) is 2.04. The molecule has 1 N–H and O–H groups in total. The molecule has 1 aliphatic carbocycles. The van der Waals surface area contributed by atoms with Crippen LogP contribution < -0.4 is 0 Å². The molecule has 1 heterocycles. The van der Waals surface area contributed by atoms with E-state index < -0.39 is 11.5 Å². The Bertz CT molecular complexity index is 342.